The van der Waals surface area contributed by atoms with Gasteiger partial charge in [-0.15, -0.1) is 0 Å². The predicted molar refractivity (Wildman–Crippen MR) is 90.2 cm³/mol. The molecule has 1 aliphatic rings. The highest BCUT2D eigenvalue weighted by atomic mass is 16.6. The summed E-state index contributed by atoms with van der Waals surface area (Å²) in [5.74, 6) is -0.786. The first-order valence-corrected chi connectivity index (χ1v) is 7.95. The van der Waals surface area contributed by atoms with E-state index in [0.717, 1.165) is 10.5 Å². The van der Waals surface area contributed by atoms with E-state index in [1.54, 1.807) is 24.3 Å². The van der Waals surface area contributed by atoms with E-state index in [2.05, 4.69) is 0 Å². The molecule has 1 N–H and O–H groups in total. The second kappa shape index (κ2) is 7.36. The van der Waals surface area contributed by atoms with Gasteiger partial charge in [0.25, 0.3) is 0 Å². The first kappa shape index (κ1) is 17.0. The van der Waals surface area contributed by atoms with Crippen LogP contribution >= 0.6 is 0 Å². The minimum atomic E-state index is -0.869. The zero-order valence-electron chi connectivity index (χ0n) is 13.8. The third kappa shape index (κ3) is 3.34. The fourth-order valence-electron chi connectivity index (χ4n) is 2.94. The van der Waals surface area contributed by atoms with Gasteiger partial charge in [0.1, 0.15) is 18.4 Å². The van der Waals surface area contributed by atoms with Crippen LogP contribution in [0, 0.1) is 0 Å². The molecule has 0 spiro atoms. The molecule has 2 amide bonds. The normalized spacial score (nSPS) is 17.9. The topological polar surface area (TPSA) is 76.1 Å². The van der Waals surface area contributed by atoms with Crippen LogP contribution in [0.3, 0.4) is 0 Å². The van der Waals surface area contributed by atoms with Crippen molar-refractivity contribution in [2.24, 2.45) is 0 Å². The largest absolute Gasteiger partial charge is 0.497 e. The summed E-state index contributed by atoms with van der Waals surface area (Å²) >= 11 is 0. The molecule has 1 fully saturated rings. The SMILES string of the molecule is COc1cccc([C@H](CO)C(=O)N2C(=O)OC[C@@H]2c2ccccc2)c1. The van der Waals surface area contributed by atoms with Crippen molar-refractivity contribution in [3.63, 3.8) is 0 Å². The number of imide groups is 1. The molecule has 0 radical (unpaired) electrons. The Balaban J connectivity index is 1.91. The van der Waals surface area contributed by atoms with E-state index in [-0.39, 0.29) is 6.61 Å². The molecule has 130 valence electrons. The first-order chi connectivity index (χ1) is 12.2. The molecule has 0 aromatic heterocycles. The van der Waals surface area contributed by atoms with Gasteiger partial charge in [-0.05, 0) is 23.3 Å². The number of aliphatic hydroxyl groups excluding tert-OH is 1. The van der Waals surface area contributed by atoms with Crippen LogP contribution in [0.1, 0.15) is 23.1 Å². The van der Waals surface area contributed by atoms with Crippen LogP contribution in [-0.4, -0.2) is 42.3 Å². The molecule has 25 heavy (non-hydrogen) atoms. The van der Waals surface area contributed by atoms with Gasteiger partial charge in [-0.3, -0.25) is 4.79 Å². The van der Waals surface area contributed by atoms with Crippen molar-refractivity contribution in [3.8, 4) is 5.75 Å². The lowest BCUT2D eigenvalue weighted by molar-refractivity contribution is -0.131. The second-order valence-corrected chi connectivity index (χ2v) is 5.72. The highest BCUT2D eigenvalue weighted by Gasteiger charge is 2.41. The molecule has 0 saturated carbocycles. The predicted octanol–water partition coefficient (Wildman–Crippen LogP) is 2.49. The number of aliphatic hydroxyl groups is 1. The van der Waals surface area contributed by atoms with Crippen LogP contribution in [0.15, 0.2) is 54.6 Å². The summed E-state index contributed by atoms with van der Waals surface area (Å²) in [4.78, 5) is 26.2. The quantitative estimate of drug-likeness (QED) is 0.904. The maximum absolute atomic E-state index is 13.0. The summed E-state index contributed by atoms with van der Waals surface area (Å²) in [7, 11) is 1.53. The van der Waals surface area contributed by atoms with Crippen LogP contribution in [0.2, 0.25) is 0 Å². The maximum atomic E-state index is 13.0. The number of nitrogens with zero attached hydrogens (tertiary/aromatic N) is 1. The molecule has 6 nitrogen and oxygen atoms in total. The number of hydrogen-bond acceptors (Lipinski definition) is 5. The molecule has 0 bridgehead atoms. The van der Waals surface area contributed by atoms with Crippen molar-refractivity contribution in [3.05, 3.63) is 65.7 Å². The van der Waals surface area contributed by atoms with Crippen molar-refractivity contribution < 1.29 is 24.2 Å². The van der Waals surface area contributed by atoms with Gasteiger partial charge >= 0.3 is 6.09 Å². The van der Waals surface area contributed by atoms with Gasteiger partial charge in [-0.25, -0.2) is 9.69 Å². The van der Waals surface area contributed by atoms with Gasteiger partial charge in [0.15, 0.2) is 0 Å². The summed E-state index contributed by atoms with van der Waals surface area (Å²) in [6, 6.07) is 15.6. The molecule has 1 saturated heterocycles. The van der Waals surface area contributed by atoms with Crippen LogP contribution in [-0.2, 0) is 9.53 Å². The van der Waals surface area contributed by atoms with Gasteiger partial charge < -0.3 is 14.6 Å². The van der Waals surface area contributed by atoms with Crippen molar-refractivity contribution in [2.45, 2.75) is 12.0 Å². The minimum absolute atomic E-state index is 0.102. The average Bonchev–Trinajstić information content (AvgIpc) is 3.04. The van der Waals surface area contributed by atoms with Crippen LogP contribution in [0.5, 0.6) is 5.75 Å². The Hall–Kier alpha value is -2.86. The Kier molecular flexibility index (Phi) is 5.00. The van der Waals surface area contributed by atoms with E-state index in [1.807, 2.05) is 30.3 Å². The molecule has 2 aromatic rings. The van der Waals surface area contributed by atoms with Gasteiger partial charge in [0.2, 0.25) is 5.91 Å². The van der Waals surface area contributed by atoms with Crippen molar-refractivity contribution in [1.82, 2.24) is 4.90 Å². The lowest BCUT2D eigenvalue weighted by Gasteiger charge is -2.24. The summed E-state index contributed by atoms with van der Waals surface area (Å²) in [5.41, 5.74) is 1.39. The third-order valence-electron chi connectivity index (χ3n) is 4.27. The van der Waals surface area contributed by atoms with E-state index >= 15 is 0 Å². The molecule has 1 heterocycles. The maximum Gasteiger partial charge on any atom is 0.417 e. The summed E-state index contributed by atoms with van der Waals surface area (Å²) in [5, 5.41) is 9.78. The Morgan fingerprint density at radius 1 is 1.28 bits per heavy atom. The number of methoxy groups -OCH3 is 1. The Labute approximate surface area is 145 Å². The van der Waals surface area contributed by atoms with Crippen LogP contribution < -0.4 is 4.74 Å². The van der Waals surface area contributed by atoms with Gasteiger partial charge in [-0.2, -0.15) is 0 Å². The number of carbonyl (C=O) groups is 2. The molecule has 2 aromatic carbocycles. The van der Waals surface area contributed by atoms with E-state index in [9.17, 15) is 14.7 Å². The number of rotatable bonds is 5. The van der Waals surface area contributed by atoms with Crippen molar-refractivity contribution in [2.75, 3.05) is 20.3 Å². The van der Waals surface area contributed by atoms with Crippen molar-refractivity contribution >= 4 is 12.0 Å². The van der Waals surface area contributed by atoms with E-state index in [0.29, 0.717) is 11.3 Å². The smallest absolute Gasteiger partial charge is 0.417 e. The Morgan fingerprint density at radius 2 is 2.04 bits per heavy atom. The summed E-state index contributed by atoms with van der Waals surface area (Å²) in [6.45, 7) is -0.317. The molecule has 0 aliphatic carbocycles. The number of benzene rings is 2. The lowest BCUT2D eigenvalue weighted by atomic mass is 9.97. The zero-order valence-corrected chi connectivity index (χ0v) is 13.8. The molecule has 6 heteroatoms. The van der Waals surface area contributed by atoms with Gasteiger partial charge in [0, 0.05) is 0 Å². The molecule has 2 atom stereocenters. The molecule has 3 rings (SSSR count). The standard InChI is InChI=1S/C19H19NO5/c1-24-15-9-5-8-14(10-15)16(11-21)18(22)20-17(12-25-19(20)23)13-6-3-2-4-7-13/h2-10,16-17,21H,11-12H2,1H3/t16-,17+/m0/s1. The first-order valence-electron chi connectivity index (χ1n) is 7.95. The van der Waals surface area contributed by atoms with Crippen molar-refractivity contribution in [1.29, 1.82) is 0 Å². The fourth-order valence-corrected chi connectivity index (χ4v) is 2.94. The lowest BCUT2D eigenvalue weighted by Crippen LogP contribution is -2.38. The highest BCUT2D eigenvalue weighted by molar-refractivity contribution is 5.97. The van der Waals surface area contributed by atoms with E-state index < -0.39 is 30.6 Å². The van der Waals surface area contributed by atoms with Crippen LogP contribution in [0.25, 0.3) is 0 Å². The van der Waals surface area contributed by atoms with Gasteiger partial charge in [0.05, 0.1) is 19.6 Å². The molecular weight excluding hydrogens is 322 g/mol. The molecular formula is C19H19NO5. The van der Waals surface area contributed by atoms with Gasteiger partial charge in [-0.1, -0.05) is 42.5 Å². The molecule has 1 aliphatic heterocycles. The minimum Gasteiger partial charge on any atom is -0.497 e. The number of ether oxygens (including phenoxy) is 2. The summed E-state index contributed by atoms with van der Waals surface area (Å²) in [6.07, 6.45) is -0.694. The monoisotopic (exact) mass is 341 g/mol. The fraction of sp³-hybridized carbons (Fsp3) is 0.263. The number of hydrogen-bond donors (Lipinski definition) is 1. The number of cyclic esters (lactones) is 1. The molecule has 0 unspecified atom stereocenters. The number of carbonyl (C=O) groups excluding carboxylic acids is 2. The highest BCUT2D eigenvalue weighted by Crippen LogP contribution is 2.32. The Morgan fingerprint density at radius 3 is 2.72 bits per heavy atom. The average molecular weight is 341 g/mol. The number of amides is 2. The summed E-state index contributed by atoms with van der Waals surface area (Å²) < 4.78 is 10.3. The van der Waals surface area contributed by atoms with E-state index in [4.69, 9.17) is 9.47 Å². The van der Waals surface area contributed by atoms with E-state index in [1.165, 1.54) is 7.11 Å². The van der Waals surface area contributed by atoms with Crippen LogP contribution in [0.4, 0.5) is 4.79 Å². The zero-order chi connectivity index (χ0) is 17.8. The second-order valence-electron chi connectivity index (χ2n) is 5.72. The third-order valence-corrected chi connectivity index (χ3v) is 4.27. The Bertz CT molecular complexity index is 761.